The number of ether oxygens (including phenoxy) is 2. The fourth-order valence-corrected chi connectivity index (χ4v) is 7.94. The van der Waals surface area contributed by atoms with Gasteiger partial charge in [0, 0.05) is 11.3 Å². The van der Waals surface area contributed by atoms with Crippen LogP contribution in [0.1, 0.15) is 16.5 Å². The van der Waals surface area contributed by atoms with E-state index in [1.54, 1.807) is 23.0 Å². The molecule has 16 heteroatoms. The van der Waals surface area contributed by atoms with Gasteiger partial charge in [-0.1, -0.05) is 89.3 Å². The van der Waals surface area contributed by atoms with E-state index < -0.39 is 37.9 Å². The van der Waals surface area contributed by atoms with Crippen molar-refractivity contribution in [3.05, 3.63) is 90.0 Å². The standard InChI is InChI=1S/C31H31ClIN6O7P/c1-18(30(41)44-14-19-8-3-2-4-9-19)38-47(42,46-23-13-7-11-20-10-5-6-12-21(20)23)45-16-24-26(40)22(15-43-24)27(33)39-17-35-25-28(34)36-31(32)37-29(25)39/h2-13,17-18,22,24,26-27,40H,14-16H2,1H3,(H,38,42)(H2,34,36,37)/t18-,22?,24+,26+,27-,47?/m0/s1. The molecule has 0 amide bonds. The van der Waals surface area contributed by atoms with Gasteiger partial charge in [0.25, 0.3) is 0 Å². The van der Waals surface area contributed by atoms with Crippen LogP contribution in [0.25, 0.3) is 21.9 Å². The van der Waals surface area contributed by atoms with Crippen LogP contribution < -0.4 is 15.3 Å². The van der Waals surface area contributed by atoms with Crippen LogP contribution in [-0.4, -0.2) is 62.1 Å². The summed E-state index contributed by atoms with van der Waals surface area (Å²) in [5.41, 5.74) is 7.56. The molecule has 2 unspecified atom stereocenters. The topological polar surface area (TPSA) is 173 Å². The van der Waals surface area contributed by atoms with E-state index in [0.29, 0.717) is 16.6 Å². The molecule has 6 rings (SSSR count). The van der Waals surface area contributed by atoms with Gasteiger partial charge in [0.15, 0.2) is 11.5 Å². The summed E-state index contributed by atoms with van der Waals surface area (Å²) < 4.78 is 39.0. The zero-order chi connectivity index (χ0) is 33.1. The Morgan fingerprint density at radius 1 is 1.17 bits per heavy atom. The van der Waals surface area contributed by atoms with Gasteiger partial charge < -0.3 is 29.4 Å². The van der Waals surface area contributed by atoms with E-state index in [4.69, 9.17) is 35.9 Å². The number of hydrogen-bond donors (Lipinski definition) is 3. The van der Waals surface area contributed by atoms with Crippen LogP contribution in [-0.2, 0) is 30.0 Å². The minimum Gasteiger partial charge on any atom is -0.460 e. The molecule has 2 aromatic heterocycles. The van der Waals surface area contributed by atoms with Crippen molar-refractivity contribution < 1.29 is 33.0 Å². The first-order chi connectivity index (χ1) is 22.6. The number of aromatic nitrogens is 4. The molecular weight excluding hydrogens is 762 g/mol. The monoisotopic (exact) mass is 792 g/mol. The number of rotatable bonds is 12. The molecule has 13 nitrogen and oxygen atoms in total. The lowest BCUT2D eigenvalue weighted by molar-refractivity contribution is -0.146. The molecule has 3 heterocycles. The Balaban J connectivity index is 1.18. The predicted molar refractivity (Wildman–Crippen MR) is 184 cm³/mol. The van der Waals surface area contributed by atoms with Gasteiger partial charge in [0.05, 0.1) is 29.7 Å². The second-order valence-electron chi connectivity index (χ2n) is 10.9. The van der Waals surface area contributed by atoms with Crippen LogP contribution in [0, 0.1) is 5.92 Å². The lowest BCUT2D eigenvalue weighted by Crippen LogP contribution is -2.37. The molecule has 0 spiro atoms. The lowest BCUT2D eigenvalue weighted by atomic mass is 10.0. The second-order valence-corrected chi connectivity index (χ2v) is 14.2. The number of hydrogen-bond acceptors (Lipinski definition) is 11. The second kappa shape index (κ2) is 14.4. The number of carbonyl (C=O) groups is 1. The van der Waals surface area contributed by atoms with E-state index in [1.807, 2.05) is 60.7 Å². The number of nitrogen functional groups attached to an aromatic ring is 1. The summed E-state index contributed by atoms with van der Waals surface area (Å²) in [5, 5.41) is 15.6. The van der Waals surface area contributed by atoms with E-state index in [2.05, 4.69) is 42.6 Å². The van der Waals surface area contributed by atoms with Crippen molar-refractivity contribution >= 4 is 75.7 Å². The molecule has 0 radical (unpaired) electrons. The van der Waals surface area contributed by atoms with Crippen LogP contribution in [0.5, 0.6) is 5.75 Å². The highest BCUT2D eigenvalue weighted by Crippen LogP contribution is 2.48. The van der Waals surface area contributed by atoms with Crippen LogP contribution >= 0.6 is 41.9 Å². The van der Waals surface area contributed by atoms with Crippen molar-refractivity contribution in [2.24, 2.45) is 5.92 Å². The largest absolute Gasteiger partial charge is 0.460 e. The van der Waals surface area contributed by atoms with Crippen LogP contribution in [0.4, 0.5) is 5.82 Å². The summed E-state index contributed by atoms with van der Waals surface area (Å²) in [5.74, 6) is -0.658. The molecule has 0 aliphatic carbocycles. The third-order valence-electron chi connectivity index (χ3n) is 7.67. The van der Waals surface area contributed by atoms with Crippen molar-refractivity contribution in [3.8, 4) is 5.75 Å². The molecule has 0 bridgehead atoms. The first-order valence-electron chi connectivity index (χ1n) is 14.6. The van der Waals surface area contributed by atoms with Crippen LogP contribution in [0.15, 0.2) is 79.1 Å². The van der Waals surface area contributed by atoms with Gasteiger partial charge in [0.2, 0.25) is 5.28 Å². The number of anilines is 1. The normalized spacial score (nSPS) is 20.6. The van der Waals surface area contributed by atoms with Crippen LogP contribution in [0.2, 0.25) is 5.28 Å². The third-order valence-corrected chi connectivity index (χ3v) is 11.0. The van der Waals surface area contributed by atoms with E-state index in [9.17, 15) is 14.5 Å². The Hall–Kier alpha value is -3.37. The molecule has 1 aliphatic rings. The summed E-state index contributed by atoms with van der Waals surface area (Å²) >= 11 is 8.19. The van der Waals surface area contributed by atoms with Gasteiger partial charge in [-0.05, 0) is 35.5 Å². The summed E-state index contributed by atoms with van der Waals surface area (Å²) in [6.45, 7) is 1.39. The SMILES string of the molecule is C[C@H](NP(=O)(OC[C@H]1OCC([C@@H](I)n2cnc3c(N)nc(Cl)nc32)[C@H]1O)Oc1cccc2ccccc12)C(=O)OCc1ccccc1. The van der Waals surface area contributed by atoms with Crippen molar-refractivity contribution in [1.29, 1.82) is 0 Å². The first kappa shape index (κ1) is 33.5. The molecule has 1 saturated heterocycles. The van der Waals surface area contributed by atoms with Gasteiger partial charge in [-0.25, -0.2) is 9.55 Å². The van der Waals surface area contributed by atoms with E-state index in [0.717, 1.165) is 10.9 Å². The summed E-state index contributed by atoms with van der Waals surface area (Å²) in [6.07, 6.45) is -0.362. The van der Waals surface area contributed by atoms with Crippen molar-refractivity contribution in [2.75, 3.05) is 18.9 Å². The molecule has 0 saturated carbocycles. The number of benzene rings is 3. The molecule has 4 N–H and O–H groups in total. The Kier molecular flexibility index (Phi) is 10.3. The fourth-order valence-electron chi connectivity index (χ4n) is 5.20. The van der Waals surface area contributed by atoms with Gasteiger partial charge in [-0.2, -0.15) is 15.1 Å². The Morgan fingerprint density at radius 3 is 2.72 bits per heavy atom. The number of carbonyl (C=O) groups excluding carboxylic acids is 1. The average molecular weight is 793 g/mol. The predicted octanol–water partition coefficient (Wildman–Crippen LogP) is 5.45. The molecular formula is C31H31ClIN6O7P. The number of nitrogens with one attached hydrogen (secondary N) is 1. The quantitative estimate of drug-likeness (QED) is 0.0481. The number of nitrogens with two attached hydrogens (primary N) is 1. The highest BCUT2D eigenvalue weighted by atomic mass is 127. The van der Waals surface area contributed by atoms with Gasteiger partial charge >= 0.3 is 13.7 Å². The van der Waals surface area contributed by atoms with E-state index in [-0.39, 0.29) is 40.7 Å². The number of fused-ring (bicyclic) bond motifs is 2. The molecule has 5 aromatic rings. The minimum absolute atomic E-state index is 0.0255. The zero-order valence-corrected chi connectivity index (χ0v) is 28.8. The Bertz CT molecular complexity index is 1930. The molecule has 1 aliphatic heterocycles. The smallest absolute Gasteiger partial charge is 0.459 e. The minimum atomic E-state index is -4.27. The van der Waals surface area contributed by atoms with Crippen molar-refractivity contribution in [2.45, 2.75) is 35.8 Å². The van der Waals surface area contributed by atoms with E-state index in [1.165, 1.54) is 6.92 Å². The lowest BCUT2D eigenvalue weighted by Gasteiger charge is -2.26. The maximum atomic E-state index is 14.3. The molecule has 3 aromatic carbocycles. The number of aliphatic hydroxyl groups excluding tert-OH is 1. The van der Waals surface area contributed by atoms with Crippen molar-refractivity contribution in [3.63, 3.8) is 0 Å². The molecule has 1 fully saturated rings. The Morgan fingerprint density at radius 2 is 1.91 bits per heavy atom. The third kappa shape index (κ3) is 7.54. The number of alkyl halides is 1. The van der Waals surface area contributed by atoms with Gasteiger partial charge in [-0.3, -0.25) is 9.32 Å². The molecule has 6 atom stereocenters. The van der Waals surface area contributed by atoms with Gasteiger partial charge in [-0.15, -0.1) is 0 Å². The number of imidazole rings is 1. The van der Waals surface area contributed by atoms with Crippen LogP contribution in [0.3, 0.4) is 0 Å². The highest BCUT2D eigenvalue weighted by Gasteiger charge is 2.43. The van der Waals surface area contributed by atoms with Gasteiger partial charge in [0.1, 0.15) is 30.0 Å². The number of aliphatic hydroxyl groups is 1. The maximum Gasteiger partial charge on any atom is 0.459 e. The number of esters is 1. The Labute approximate surface area is 288 Å². The highest BCUT2D eigenvalue weighted by molar-refractivity contribution is 14.1. The van der Waals surface area contributed by atoms with E-state index >= 15 is 0 Å². The summed E-state index contributed by atoms with van der Waals surface area (Å²) in [7, 11) is -4.27. The number of nitrogens with zero attached hydrogens (tertiary/aromatic N) is 4. The summed E-state index contributed by atoms with van der Waals surface area (Å²) in [6, 6.07) is 20.9. The molecule has 246 valence electrons. The summed E-state index contributed by atoms with van der Waals surface area (Å²) in [4.78, 5) is 25.4. The number of halogens is 2. The zero-order valence-electron chi connectivity index (χ0n) is 25.0. The maximum absolute atomic E-state index is 14.3. The van der Waals surface area contributed by atoms with Crippen molar-refractivity contribution in [1.82, 2.24) is 24.6 Å². The average Bonchev–Trinajstić information content (AvgIpc) is 3.66. The molecule has 47 heavy (non-hydrogen) atoms. The fraction of sp³-hybridized carbons (Fsp3) is 0.290. The first-order valence-corrected chi connectivity index (χ1v) is 17.8.